The van der Waals surface area contributed by atoms with Crippen molar-refractivity contribution in [2.75, 3.05) is 5.32 Å². The average Bonchev–Trinajstić information content (AvgIpc) is 3.39. The molecule has 29 heavy (non-hydrogen) atoms. The third-order valence-corrected chi connectivity index (χ3v) is 4.34. The smallest absolute Gasteiger partial charge is 0.348 e. The van der Waals surface area contributed by atoms with Crippen molar-refractivity contribution in [2.24, 2.45) is 7.05 Å². The molecule has 0 radical (unpaired) electrons. The molecule has 2 aromatic carbocycles. The molecule has 0 spiro atoms. The van der Waals surface area contributed by atoms with Gasteiger partial charge in [-0.2, -0.15) is 5.10 Å². The number of hydrogen-bond acceptors (Lipinski definition) is 4. The molecule has 0 atom stereocenters. The van der Waals surface area contributed by atoms with Gasteiger partial charge in [-0.25, -0.2) is 4.79 Å². The van der Waals surface area contributed by atoms with E-state index in [4.69, 9.17) is 4.74 Å². The van der Waals surface area contributed by atoms with Crippen LogP contribution in [0.25, 0.3) is 5.82 Å². The van der Waals surface area contributed by atoms with Crippen molar-refractivity contribution in [1.29, 1.82) is 0 Å². The zero-order valence-corrected chi connectivity index (χ0v) is 15.6. The second-order valence-corrected chi connectivity index (χ2v) is 6.33. The lowest BCUT2D eigenvalue weighted by atomic mass is 10.2. The summed E-state index contributed by atoms with van der Waals surface area (Å²) in [5.41, 5.74) is 1.52. The van der Waals surface area contributed by atoms with E-state index >= 15 is 0 Å². The lowest BCUT2D eigenvalue weighted by Crippen LogP contribution is -2.13. The molecule has 4 aromatic rings. The first kappa shape index (κ1) is 18.2. The molecule has 2 aromatic heterocycles. The Hall–Kier alpha value is -4.13. The first-order valence-corrected chi connectivity index (χ1v) is 8.96. The Bertz CT molecular complexity index is 1130. The van der Waals surface area contributed by atoms with Crippen molar-refractivity contribution in [3.8, 4) is 11.6 Å². The van der Waals surface area contributed by atoms with E-state index in [-0.39, 0.29) is 5.91 Å². The number of aryl methyl sites for hydroxylation is 1. The van der Waals surface area contributed by atoms with Gasteiger partial charge in [-0.1, -0.05) is 18.2 Å². The van der Waals surface area contributed by atoms with Crippen LogP contribution in [0.1, 0.15) is 20.7 Å². The molecular formula is C22H18N4O3. The Morgan fingerprint density at radius 1 is 0.931 bits per heavy atom. The van der Waals surface area contributed by atoms with Gasteiger partial charge in [-0.15, -0.1) is 0 Å². The number of amides is 1. The van der Waals surface area contributed by atoms with Crippen LogP contribution in [-0.2, 0) is 7.05 Å². The number of anilines is 1. The summed E-state index contributed by atoms with van der Waals surface area (Å²) < 4.78 is 8.89. The van der Waals surface area contributed by atoms with E-state index in [9.17, 15) is 9.59 Å². The van der Waals surface area contributed by atoms with E-state index < -0.39 is 5.97 Å². The maximum Gasteiger partial charge on any atom is 0.348 e. The Morgan fingerprint density at radius 3 is 2.31 bits per heavy atom. The van der Waals surface area contributed by atoms with Crippen LogP contribution in [-0.4, -0.2) is 26.2 Å². The molecule has 0 bridgehead atoms. The highest BCUT2D eigenvalue weighted by atomic mass is 16.5. The van der Waals surface area contributed by atoms with Crippen molar-refractivity contribution in [3.63, 3.8) is 0 Å². The Balaban J connectivity index is 1.46. The number of nitrogens with one attached hydrogen (secondary N) is 1. The van der Waals surface area contributed by atoms with E-state index in [0.29, 0.717) is 28.4 Å². The van der Waals surface area contributed by atoms with Crippen LogP contribution in [0.3, 0.4) is 0 Å². The summed E-state index contributed by atoms with van der Waals surface area (Å²) in [7, 11) is 1.76. The highest BCUT2D eigenvalue weighted by Gasteiger charge is 2.19. The number of hydrogen-bond donors (Lipinski definition) is 1. The molecule has 1 amide bonds. The number of nitrogens with zero attached hydrogens (tertiary/aromatic N) is 3. The van der Waals surface area contributed by atoms with Gasteiger partial charge in [0.05, 0.1) is 6.20 Å². The molecule has 7 heteroatoms. The van der Waals surface area contributed by atoms with Gasteiger partial charge in [0.1, 0.15) is 17.1 Å². The van der Waals surface area contributed by atoms with Crippen LogP contribution >= 0.6 is 0 Å². The van der Waals surface area contributed by atoms with E-state index in [1.54, 1.807) is 64.8 Å². The van der Waals surface area contributed by atoms with Gasteiger partial charge < -0.3 is 14.6 Å². The summed E-state index contributed by atoms with van der Waals surface area (Å²) >= 11 is 0. The van der Waals surface area contributed by atoms with Gasteiger partial charge in [0.15, 0.2) is 0 Å². The standard InChI is InChI=1S/C22H18N4O3/c1-25-21(26-13-5-6-14-26)19(15-23-25)22(28)29-18-11-9-17(10-12-18)24-20(27)16-7-3-2-4-8-16/h2-15H,1H3,(H,24,27). The predicted molar refractivity (Wildman–Crippen MR) is 108 cm³/mol. The summed E-state index contributed by atoms with van der Waals surface area (Å²) in [6, 6.07) is 19.3. The molecule has 0 fully saturated rings. The summed E-state index contributed by atoms with van der Waals surface area (Å²) in [6.45, 7) is 0. The number of carbonyl (C=O) groups excluding carboxylic acids is 2. The molecule has 0 saturated heterocycles. The summed E-state index contributed by atoms with van der Waals surface area (Å²) in [5, 5.41) is 6.96. The highest BCUT2D eigenvalue weighted by Crippen LogP contribution is 2.20. The zero-order chi connectivity index (χ0) is 20.2. The van der Waals surface area contributed by atoms with Gasteiger partial charge in [0, 0.05) is 30.7 Å². The molecule has 0 aliphatic heterocycles. The summed E-state index contributed by atoms with van der Waals surface area (Å²) in [5.74, 6) is 0.270. The topological polar surface area (TPSA) is 78.2 Å². The molecule has 2 heterocycles. The number of ether oxygens (including phenoxy) is 1. The average molecular weight is 386 g/mol. The van der Waals surface area contributed by atoms with Crippen LogP contribution < -0.4 is 10.1 Å². The van der Waals surface area contributed by atoms with E-state index in [2.05, 4.69) is 10.4 Å². The molecule has 7 nitrogen and oxygen atoms in total. The molecule has 0 aliphatic carbocycles. The van der Waals surface area contributed by atoms with Crippen molar-refractivity contribution < 1.29 is 14.3 Å². The Labute approximate surface area is 167 Å². The number of benzene rings is 2. The lowest BCUT2D eigenvalue weighted by Gasteiger charge is -2.09. The molecular weight excluding hydrogens is 368 g/mol. The molecule has 144 valence electrons. The van der Waals surface area contributed by atoms with E-state index in [0.717, 1.165) is 0 Å². The van der Waals surface area contributed by atoms with Crippen LogP contribution in [0, 0.1) is 0 Å². The van der Waals surface area contributed by atoms with Gasteiger partial charge in [0.2, 0.25) is 0 Å². The Kier molecular flexibility index (Phi) is 4.94. The number of carbonyl (C=O) groups is 2. The number of rotatable bonds is 5. The SMILES string of the molecule is Cn1ncc(C(=O)Oc2ccc(NC(=O)c3ccccc3)cc2)c1-n1cccc1. The number of aromatic nitrogens is 3. The van der Waals surface area contributed by atoms with Gasteiger partial charge >= 0.3 is 5.97 Å². The second kappa shape index (κ2) is 7.85. The second-order valence-electron chi connectivity index (χ2n) is 6.33. The molecule has 1 N–H and O–H groups in total. The van der Waals surface area contributed by atoms with Gasteiger partial charge in [-0.05, 0) is 48.5 Å². The first-order chi connectivity index (χ1) is 14.1. The summed E-state index contributed by atoms with van der Waals surface area (Å²) in [4.78, 5) is 24.8. The van der Waals surface area contributed by atoms with E-state index in [1.165, 1.54) is 6.20 Å². The molecule has 0 unspecified atom stereocenters. The minimum absolute atomic E-state index is 0.206. The van der Waals surface area contributed by atoms with E-state index in [1.807, 2.05) is 30.6 Å². The minimum atomic E-state index is -0.511. The largest absolute Gasteiger partial charge is 0.423 e. The van der Waals surface area contributed by atoms with Crippen LogP contribution in [0.15, 0.2) is 85.3 Å². The van der Waals surface area contributed by atoms with Crippen molar-refractivity contribution in [2.45, 2.75) is 0 Å². The summed E-state index contributed by atoms with van der Waals surface area (Å²) in [6.07, 6.45) is 5.14. The predicted octanol–water partition coefficient (Wildman–Crippen LogP) is 3.68. The van der Waals surface area contributed by atoms with Gasteiger partial charge in [-0.3, -0.25) is 9.48 Å². The normalized spacial score (nSPS) is 10.5. The van der Waals surface area contributed by atoms with Crippen LogP contribution in [0.4, 0.5) is 5.69 Å². The monoisotopic (exact) mass is 386 g/mol. The van der Waals surface area contributed by atoms with Crippen molar-refractivity contribution in [3.05, 3.63) is 96.4 Å². The number of esters is 1. The maximum absolute atomic E-state index is 12.6. The molecule has 4 rings (SSSR count). The first-order valence-electron chi connectivity index (χ1n) is 8.96. The fourth-order valence-corrected chi connectivity index (χ4v) is 2.92. The van der Waals surface area contributed by atoms with Crippen molar-refractivity contribution in [1.82, 2.24) is 14.3 Å². The fraction of sp³-hybridized carbons (Fsp3) is 0.0455. The molecule has 0 saturated carbocycles. The third kappa shape index (κ3) is 3.93. The maximum atomic E-state index is 12.6. The van der Waals surface area contributed by atoms with Crippen molar-refractivity contribution >= 4 is 17.6 Å². The Morgan fingerprint density at radius 2 is 1.62 bits per heavy atom. The van der Waals surface area contributed by atoms with Gasteiger partial charge in [0.25, 0.3) is 5.91 Å². The minimum Gasteiger partial charge on any atom is -0.423 e. The molecule has 0 aliphatic rings. The van der Waals surface area contributed by atoms with Crippen LogP contribution in [0.2, 0.25) is 0 Å². The zero-order valence-electron chi connectivity index (χ0n) is 15.6. The quantitative estimate of drug-likeness (QED) is 0.419. The third-order valence-electron chi connectivity index (χ3n) is 4.34. The highest BCUT2D eigenvalue weighted by molar-refractivity contribution is 6.04. The fourth-order valence-electron chi connectivity index (χ4n) is 2.92. The van der Waals surface area contributed by atoms with Crippen LogP contribution in [0.5, 0.6) is 5.75 Å². The lowest BCUT2D eigenvalue weighted by molar-refractivity contribution is 0.0734.